The largest absolute Gasteiger partial charge is 0.420 e. The highest BCUT2D eigenvalue weighted by molar-refractivity contribution is 5.76. The zero-order chi connectivity index (χ0) is 27.1. The molecule has 2 aromatic rings. The molecule has 0 saturated carbocycles. The zero-order valence-corrected chi connectivity index (χ0v) is 22.2. The predicted octanol–water partition coefficient (Wildman–Crippen LogP) is 3.03. The van der Waals surface area contributed by atoms with Crippen LogP contribution in [-0.4, -0.2) is 44.9 Å². The number of H-pyrrole nitrogens is 1. The number of nitrogens with zero attached hydrogens (tertiary/aromatic N) is 3. The maximum Gasteiger partial charge on any atom is 0.317 e. The second kappa shape index (κ2) is 9.49. The third kappa shape index (κ3) is 4.63. The monoisotopic (exact) mass is 502 g/mol. The van der Waals surface area contributed by atoms with Crippen LogP contribution < -0.4 is 15.8 Å². The minimum absolute atomic E-state index is 0.0142. The lowest BCUT2D eigenvalue weighted by Gasteiger charge is -2.41. The number of ether oxygens (including phenoxy) is 1. The molecule has 1 fully saturated rings. The number of nitrogens with two attached hydrogens (primary N) is 1. The fourth-order valence-electron chi connectivity index (χ4n) is 5.17. The second-order valence-corrected chi connectivity index (χ2v) is 11.1. The summed E-state index contributed by atoms with van der Waals surface area (Å²) in [5, 5.41) is 30.5. The Morgan fingerprint density at radius 3 is 2.68 bits per heavy atom. The van der Waals surface area contributed by atoms with Gasteiger partial charge in [0, 0.05) is 29.9 Å². The standard InChI is InChI=1S/C28H34N6O3/c1-16(2)28(22(12-29)24(30)37-25-23(28)17(3)32-33-25)21-10-18(9-20(11-21)15-35)7-8-19-13-34(14-19)26(36)31-27(4,5)6/h9-11,16,19,35H,13-15,30H2,1-6H3,(H,31,36)(H,32,33). The lowest BCUT2D eigenvalue weighted by molar-refractivity contribution is 0.138. The Labute approximate surface area is 217 Å². The highest BCUT2D eigenvalue weighted by atomic mass is 16.5. The number of aromatic amines is 1. The molecule has 1 aromatic heterocycles. The highest BCUT2D eigenvalue weighted by Crippen LogP contribution is 2.52. The molecule has 4 rings (SSSR count). The normalized spacial score (nSPS) is 19.4. The van der Waals surface area contributed by atoms with Crippen LogP contribution in [0.25, 0.3) is 0 Å². The summed E-state index contributed by atoms with van der Waals surface area (Å²) in [7, 11) is 0. The van der Waals surface area contributed by atoms with Crippen LogP contribution in [0.5, 0.6) is 5.88 Å². The molecule has 1 aromatic carbocycles. The molecule has 0 radical (unpaired) electrons. The van der Waals surface area contributed by atoms with E-state index in [1.807, 2.05) is 59.7 Å². The van der Waals surface area contributed by atoms with E-state index in [0.29, 0.717) is 35.7 Å². The summed E-state index contributed by atoms with van der Waals surface area (Å²) in [4.78, 5) is 14.1. The molecule has 1 unspecified atom stereocenters. The molecule has 9 heteroatoms. The van der Waals surface area contributed by atoms with Gasteiger partial charge in [0.15, 0.2) is 0 Å². The average molecular weight is 503 g/mol. The fourth-order valence-corrected chi connectivity index (χ4v) is 5.17. The number of allylic oxidation sites excluding steroid dienone is 1. The topological polar surface area (TPSA) is 140 Å². The number of likely N-dealkylation sites (tertiary alicyclic amines) is 1. The number of rotatable bonds is 3. The molecule has 37 heavy (non-hydrogen) atoms. The van der Waals surface area contributed by atoms with Crippen molar-refractivity contribution in [2.75, 3.05) is 13.1 Å². The number of amides is 2. The first-order chi connectivity index (χ1) is 17.4. The number of fused-ring (bicyclic) bond motifs is 1. The summed E-state index contributed by atoms with van der Waals surface area (Å²) in [6, 6.07) is 7.87. The minimum Gasteiger partial charge on any atom is -0.420 e. The fraction of sp³-hybridized carbons (Fsp3) is 0.464. The first-order valence-electron chi connectivity index (χ1n) is 12.4. The maximum absolute atomic E-state index is 12.3. The zero-order valence-electron chi connectivity index (χ0n) is 22.2. The van der Waals surface area contributed by atoms with Crippen molar-refractivity contribution in [2.45, 2.75) is 59.1 Å². The van der Waals surface area contributed by atoms with E-state index in [9.17, 15) is 15.2 Å². The number of nitrogens with one attached hydrogen (secondary N) is 2. The average Bonchev–Trinajstić information content (AvgIpc) is 3.15. The number of hydrogen-bond donors (Lipinski definition) is 4. The molecule has 2 aliphatic heterocycles. The van der Waals surface area contributed by atoms with Crippen molar-refractivity contribution < 1.29 is 14.6 Å². The van der Waals surface area contributed by atoms with E-state index in [0.717, 1.165) is 16.8 Å². The Morgan fingerprint density at radius 2 is 2.08 bits per heavy atom. The Kier molecular flexibility index (Phi) is 6.70. The van der Waals surface area contributed by atoms with Gasteiger partial charge in [-0.25, -0.2) is 4.79 Å². The molecule has 0 aliphatic carbocycles. The molecule has 2 amide bonds. The van der Waals surface area contributed by atoms with Gasteiger partial charge in [-0.3, -0.25) is 5.10 Å². The van der Waals surface area contributed by atoms with Gasteiger partial charge in [-0.2, -0.15) is 5.26 Å². The molecule has 0 spiro atoms. The van der Waals surface area contributed by atoms with Crippen molar-refractivity contribution in [2.24, 2.45) is 17.6 Å². The van der Waals surface area contributed by atoms with Gasteiger partial charge in [0.25, 0.3) is 0 Å². The van der Waals surface area contributed by atoms with Crippen LogP contribution in [0.3, 0.4) is 0 Å². The van der Waals surface area contributed by atoms with E-state index in [-0.39, 0.29) is 35.9 Å². The van der Waals surface area contributed by atoms with Crippen LogP contribution >= 0.6 is 0 Å². The predicted molar refractivity (Wildman–Crippen MR) is 139 cm³/mol. The van der Waals surface area contributed by atoms with Gasteiger partial charge in [-0.05, 0) is 56.9 Å². The van der Waals surface area contributed by atoms with Crippen LogP contribution in [-0.2, 0) is 12.0 Å². The molecular weight excluding hydrogens is 468 g/mol. The van der Waals surface area contributed by atoms with E-state index in [1.165, 1.54) is 0 Å². The Morgan fingerprint density at radius 1 is 1.38 bits per heavy atom. The second-order valence-electron chi connectivity index (χ2n) is 11.1. The number of aromatic nitrogens is 2. The number of hydrogen-bond acceptors (Lipinski definition) is 6. The van der Waals surface area contributed by atoms with E-state index in [1.54, 1.807) is 4.90 Å². The van der Waals surface area contributed by atoms with Gasteiger partial charge in [0.2, 0.25) is 11.8 Å². The van der Waals surface area contributed by atoms with Crippen LogP contribution in [0.2, 0.25) is 0 Å². The summed E-state index contributed by atoms with van der Waals surface area (Å²) >= 11 is 0. The van der Waals surface area contributed by atoms with E-state index in [4.69, 9.17) is 10.5 Å². The van der Waals surface area contributed by atoms with Gasteiger partial charge in [-0.1, -0.05) is 31.8 Å². The Hall–Kier alpha value is -3.95. The number of carbonyl (C=O) groups excluding carboxylic acids is 1. The van der Waals surface area contributed by atoms with Crippen LogP contribution in [0.15, 0.2) is 29.7 Å². The van der Waals surface area contributed by atoms with Crippen molar-refractivity contribution in [3.63, 3.8) is 0 Å². The molecule has 2 aliphatic rings. The molecule has 0 bridgehead atoms. The van der Waals surface area contributed by atoms with Gasteiger partial charge >= 0.3 is 6.03 Å². The smallest absolute Gasteiger partial charge is 0.317 e. The van der Waals surface area contributed by atoms with Gasteiger partial charge in [-0.15, -0.1) is 5.10 Å². The minimum atomic E-state index is -0.941. The molecule has 5 N–H and O–H groups in total. The van der Waals surface area contributed by atoms with Crippen LogP contribution in [0.1, 0.15) is 62.6 Å². The van der Waals surface area contributed by atoms with Crippen molar-refractivity contribution in [1.82, 2.24) is 20.4 Å². The Bertz CT molecular complexity index is 1360. The highest BCUT2D eigenvalue weighted by Gasteiger charge is 2.50. The number of urea groups is 1. The summed E-state index contributed by atoms with van der Waals surface area (Å²) in [5.41, 5.74) is 9.00. The van der Waals surface area contributed by atoms with E-state index in [2.05, 4.69) is 33.4 Å². The van der Waals surface area contributed by atoms with E-state index < -0.39 is 5.41 Å². The van der Waals surface area contributed by atoms with Gasteiger partial charge < -0.3 is 25.8 Å². The number of aliphatic hydroxyl groups is 1. The molecule has 1 atom stereocenters. The molecule has 194 valence electrons. The van der Waals surface area contributed by atoms with Crippen LogP contribution in [0, 0.1) is 41.9 Å². The number of benzene rings is 1. The lowest BCUT2D eigenvalue weighted by atomic mass is 9.61. The molecular formula is C28H34N6O3. The quantitative estimate of drug-likeness (QED) is 0.476. The summed E-state index contributed by atoms with van der Waals surface area (Å²) < 4.78 is 5.71. The number of carbonyl (C=O) groups is 1. The molecule has 9 nitrogen and oxygen atoms in total. The van der Waals surface area contributed by atoms with Gasteiger partial charge in [0.1, 0.15) is 11.6 Å². The number of aryl methyl sites for hydroxylation is 1. The van der Waals surface area contributed by atoms with Crippen molar-refractivity contribution in [1.29, 1.82) is 5.26 Å². The maximum atomic E-state index is 12.3. The van der Waals surface area contributed by atoms with Gasteiger partial charge in [0.05, 0.1) is 23.5 Å². The third-order valence-electron chi connectivity index (χ3n) is 6.84. The van der Waals surface area contributed by atoms with Crippen molar-refractivity contribution >= 4 is 6.03 Å². The number of aliphatic hydroxyl groups excluding tert-OH is 1. The summed E-state index contributed by atoms with van der Waals surface area (Å²) in [6.45, 7) is 12.7. The summed E-state index contributed by atoms with van der Waals surface area (Å²) in [5.74, 6) is 6.82. The third-order valence-corrected chi connectivity index (χ3v) is 6.84. The lowest BCUT2D eigenvalue weighted by Crippen LogP contribution is -2.56. The van der Waals surface area contributed by atoms with Crippen molar-refractivity contribution in [3.8, 4) is 23.8 Å². The first kappa shape index (κ1) is 26.1. The summed E-state index contributed by atoms with van der Waals surface area (Å²) in [6.07, 6.45) is 0. The molecule has 3 heterocycles. The SMILES string of the molecule is Cc1[nH]nc2c1C(c1cc(C#CC3CN(C(=O)NC(C)(C)C)C3)cc(CO)c1)(C(C)C)C(C#N)=C(N)O2. The van der Waals surface area contributed by atoms with Crippen LogP contribution in [0.4, 0.5) is 4.79 Å². The Balaban J connectivity index is 1.73. The van der Waals surface area contributed by atoms with Crippen molar-refractivity contribution in [3.05, 3.63) is 57.6 Å². The first-order valence-corrected chi connectivity index (χ1v) is 12.4. The molecule has 1 saturated heterocycles. The van der Waals surface area contributed by atoms with E-state index >= 15 is 0 Å². The number of nitriles is 1.